The minimum Gasteiger partial charge on any atom is -0.493 e. The van der Waals surface area contributed by atoms with E-state index in [9.17, 15) is 4.79 Å². The van der Waals surface area contributed by atoms with E-state index in [2.05, 4.69) is 22.6 Å². The molecule has 4 nitrogen and oxygen atoms in total. The first-order valence-corrected chi connectivity index (χ1v) is 6.47. The van der Waals surface area contributed by atoms with Crippen LogP contribution in [0.25, 0.3) is 6.08 Å². The maximum Gasteiger partial charge on any atom is 0.328 e. The van der Waals surface area contributed by atoms with Crippen molar-refractivity contribution in [3.8, 4) is 11.5 Å². The molecule has 0 unspecified atom stereocenters. The van der Waals surface area contributed by atoms with Gasteiger partial charge < -0.3 is 14.6 Å². The molecule has 0 aliphatic heterocycles. The number of rotatable bonds is 5. The summed E-state index contributed by atoms with van der Waals surface area (Å²) in [6.45, 7) is 3.88. The lowest BCUT2D eigenvalue weighted by molar-refractivity contribution is -0.131. The summed E-state index contributed by atoms with van der Waals surface area (Å²) < 4.78 is 11.8. The predicted molar refractivity (Wildman–Crippen MR) is 78.1 cm³/mol. The Labute approximate surface area is 120 Å². The Kier molecular flexibility index (Phi) is 5.46. The molecule has 1 rings (SSSR count). The third-order valence-corrected chi connectivity index (χ3v) is 2.82. The molecule has 0 bridgehead atoms. The number of hydrogen-bond acceptors (Lipinski definition) is 3. The molecule has 0 amide bonds. The molecule has 0 saturated carbocycles. The second kappa shape index (κ2) is 6.63. The Balaban J connectivity index is 3.14. The molecule has 0 radical (unpaired) electrons. The molecular weight excluding hydrogens is 347 g/mol. The molecule has 0 saturated heterocycles. The lowest BCUT2D eigenvalue weighted by atomic mass is 10.2. The van der Waals surface area contributed by atoms with E-state index in [-0.39, 0.29) is 6.10 Å². The van der Waals surface area contributed by atoms with Gasteiger partial charge in [-0.25, -0.2) is 4.79 Å². The van der Waals surface area contributed by atoms with E-state index >= 15 is 0 Å². The van der Waals surface area contributed by atoms with E-state index in [1.165, 1.54) is 6.08 Å². The Hall–Kier alpha value is -1.24. The van der Waals surface area contributed by atoms with E-state index < -0.39 is 5.97 Å². The molecule has 0 heterocycles. The highest BCUT2D eigenvalue weighted by atomic mass is 127. The molecule has 5 heteroatoms. The summed E-state index contributed by atoms with van der Waals surface area (Å²) in [5.74, 6) is 0.299. The quantitative estimate of drug-likeness (QED) is 0.646. The number of carboxylic acids is 1. The molecule has 98 valence electrons. The zero-order valence-electron chi connectivity index (χ0n) is 10.4. The SMILES string of the molecule is COc1cc(/C=C/C(=O)O)cc(I)c1OC(C)C. The van der Waals surface area contributed by atoms with Gasteiger partial charge >= 0.3 is 5.97 Å². The van der Waals surface area contributed by atoms with Crippen LogP contribution in [-0.2, 0) is 4.79 Å². The van der Waals surface area contributed by atoms with Gasteiger partial charge in [-0.2, -0.15) is 0 Å². The molecular formula is C13H15IO4. The Morgan fingerprint density at radius 3 is 2.61 bits per heavy atom. The largest absolute Gasteiger partial charge is 0.493 e. The molecule has 0 spiro atoms. The minimum absolute atomic E-state index is 0.0489. The van der Waals surface area contributed by atoms with Crippen LogP contribution in [0.4, 0.5) is 0 Å². The van der Waals surface area contributed by atoms with Crippen molar-refractivity contribution < 1.29 is 19.4 Å². The van der Waals surface area contributed by atoms with Gasteiger partial charge in [0.15, 0.2) is 11.5 Å². The Bertz CT molecular complexity index is 466. The van der Waals surface area contributed by atoms with Crippen LogP contribution in [0.15, 0.2) is 18.2 Å². The molecule has 1 N–H and O–H groups in total. The summed E-state index contributed by atoms with van der Waals surface area (Å²) in [4.78, 5) is 10.5. The molecule has 0 aliphatic rings. The van der Waals surface area contributed by atoms with Crippen molar-refractivity contribution in [2.45, 2.75) is 20.0 Å². The molecule has 0 atom stereocenters. The standard InChI is InChI=1S/C13H15IO4/c1-8(2)18-13-10(14)6-9(4-5-12(15)16)7-11(13)17-3/h4-8H,1-3H3,(H,15,16)/b5-4+. The van der Waals surface area contributed by atoms with Gasteiger partial charge in [-0.3, -0.25) is 0 Å². The topological polar surface area (TPSA) is 55.8 Å². The molecule has 1 aromatic rings. The summed E-state index contributed by atoms with van der Waals surface area (Å²) in [5, 5.41) is 8.60. The third kappa shape index (κ3) is 4.21. The van der Waals surface area contributed by atoms with Crippen LogP contribution in [0.2, 0.25) is 0 Å². The first-order valence-electron chi connectivity index (χ1n) is 5.39. The van der Waals surface area contributed by atoms with Crippen LogP contribution in [0, 0.1) is 3.57 Å². The second-order valence-electron chi connectivity index (χ2n) is 3.87. The first kappa shape index (κ1) is 14.8. The van der Waals surface area contributed by atoms with Crippen LogP contribution < -0.4 is 9.47 Å². The number of ether oxygens (including phenoxy) is 2. The lowest BCUT2D eigenvalue weighted by Crippen LogP contribution is -2.08. The van der Waals surface area contributed by atoms with Gasteiger partial charge in [0.2, 0.25) is 0 Å². The Morgan fingerprint density at radius 2 is 2.11 bits per heavy atom. The number of hydrogen-bond donors (Lipinski definition) is 1. The number of halogens is 1. The van der Waals surface area contributed by atoms with E-state index in [4.69, 9.17) is 14.6 Å². The van der Waals surface area contributed by atoms with Gasteiger partial charge in [-0.1, -0.05) is 0 Å². The van der Waals surface area contributed by atoms with Crippen molar-refractivity contribution in [3.05, 3.63) is 27.3 Å². The maximum atomic E-state index is 10.5. The highest BCUT2D eigenvalue weighted by molar-refractivity contribution is 14.1. The van der Waals surface area contributed by atoms with Gasteiger partial charge in [-0.05, 0) is 60.2 Å². The number of aliphatic carboxylic acids is 1. The van der Waals surface area contributed by atoms with Gasteiger partial charge in [0.1, 0.15) is 0 Å². The number of methoxy groups -OCH3 is 1. The highest BCUT2D eigenvalue weighted by Crippen LogP contribution is 2.35. The predicted octanol–water partition coefficient (Wildman–Crippen LogP) is 3.18. The Morgan fingerprint density at radius 1 is 1.44 bits per heavy atom. The van der Waals surface area contributed by atoms with Gasteiger partial charge in [0, 0.05) is 6.08 Å². The molecule has 0 fully saturated rings. The summed E-state index contributed by atoms with van der Waals surface area (Å²) in [6.07, 6.45) is 2.66. The monoisotopic (exact) mass is 362 g/mol. The number of benzene rings is 1. The van der Waals surface area contributed by atoms with E-state index in [1.54, 1.807) is 13.2 Å². The van der Waals surface area contributed by atoms with Gasteiger partial charge in [0.05, 0.1) is 16.8 Å². The molecule has 0 aromatic heterocycles. The summed E-state index contributed by atoms with van der Waals surface area (Å²) in [7, 11) is 1.56. The van der Waals surface area contributed by atoms with Crippen LogP contribution in [0.3, 0.4) is 0 Å². The zero-order chi connectivity index (χ0) is 13.7. The first-order chi connectivity index (χ1) is 8.43. The van der Waals surface area contributed by atoms with Crippen molar-refractivity contribution in [2.24, 2.45) is 0 Å². The van der Waals surface area contributed by atoms with Crippen molar-refractivity contribution >= 4 is 34.6 Å². The summed E-state index contributed by atoms with van der Waals surface area (Å²) >= 11 is 2.14. The smallest absolute Gasteiger partial charge is 0.328 e. The maximum absolute atomic E-state index is 10.5. The highest BCUT2D eigenvalue weighted by Gasteiger charge is 2.12. The van der Waals surface area contributed by atoms with Crippen molar-refractivity contribution in [3.63, 3.8) is 0 Å². The fourth-order valence-electron chi connectivity index (χ4n) is 1.35. The fraction of sp³-hybridized carbons (Fsp3) is 0.308. The van der Waals surface area contributed by atoms with Gasteiger partial charge in [0.25, 0.3) is 0 Å². The molecule has 1 aromatic carbocycles. The zero-order valence-corrected chi connectivity index (χ0v) is 12.6. The molecule has 0 aliphatic carbocycles. The lowest BCUT2D eigenvalue weighted by Gasteiger charge is -2.15. The summed E-state index contributed by atoms with van der Waals surface area (Å²) in [5.41, 5.74) is 0.759. The van der Waals surface area contributed by atoms with Crippen LogP contribution in [0.5, 0.6) is 11.5 Å². The van der Waals surface area contributed by atoms with E-state index in [0.29, 0.717) is 11.5 Å². The van der Waals surface area contributed by atoms with Crippen molar-refractivity contribution in [2.75, 3.05) is 7.11 Å². The average molecular weight is 362 g/mol. The minimum atomic E-state index is -0.980. The average Bonchev–Trinajstić information content (AvgIpc) is 2.28. The van der Waals surface area contributed by atoms with Crippen molar-refractivity contribution in [1.82, 2.24) is 0 Å². The van der Waals surface area contributed by atoms with Gasteiger partial charge in [-0.15, -0.1) is 0 Å². The van der Waals surface area contributed by atoms with E-state index in [1.807, 2.05) is 19.9 Å². The number of carboxylic acid groups (broad SMARTS) is 1. The van der Waals surface area contributed by atoms with Crippen LogP contribution in [0.1, 0.15) is 19.4 Å². The second-order valence-corrected chi connectivity index (χ2v) is 5.03. The van der Waals surface area contributed by atoms with Crippen LogP contribution in [-0.4, -0.2) is 24.3 Å². The molecule has 18 heavy (non-hydrogen) atoms. The van der Waals surface area contributed by atoms with Crippen molar-refractivity contribution in [1.29, 1.82) is 0 Å². The number of carbonyl (C=O) groups is 1. The summed E-state index contributed by atoms with van der Waals surface area (Å²) in [6, 6.07) is 3.60. The van der Waals surface area contributed by atoms with Crippen LogP contribution >= 0.6 is 22.6 Å². The fourth-order valence-corrected chi connectivity index (χ4v) is 2.11. The normalized spacial score (nSPS) is 10.9. The van der Waals surface area contributed by atoms with E-state index in [0.717, 1.165) is 15.2 Å². The third-order valence-electron chi connectivity index (χ3n) is 2.02.